The topological polar surface area (TPSA) is 62.8 Å². The number of benzene rings is 1. The Kier molecular flexibility index (Phi) is 3.67. The van der Waals surface area contributed by atoms with Crippen LogP contribution in [0, 0.1) is 19.3 Å². The molecular weight excluding hydrogens is 242 g/mol. The molecule has 0 unspecified atom stereocenters. The summed E-state index contributed by atoms with van der Waals surface area (Å²) >= 11 is 1.59. The van der Waals surface area contributed by atoms with Crippen molar-refractivity contribution in [2.45, 2.75) is 23.8 Å². The fourth-order valence-corrected chi connectivity index (χ4v) is 2.54. The van der Waals surface area contributed by atoms with E-state index < -0.39 is 0 Å². The Balaban J connectivity index is 2.28. The molecule has 0 fully saturated rings. The average Bonchev–Trinajstić information content (AvgIpc) is 2.33. The molecule has 0 aliphatic rings. The van der Waals surface area contributed by atoms with Gasteiger partial charge in [-0.05, 0) is 37.6 Å². The molecule has 0 spiro atoms. The van der Waals surface area contributed by atoms with Gasteiger partial charge < -0.3 is 5.73 Å². The molecule has 4 heteroatoms. The fraction of sp³-hybridized carbons (Fsp3) is 0.143. The molecule has 0 amide bonds. The van der Waals surface area contributed by atoms with Crippen molar-refractivity contribution in [2.75, 3.05) is 0 Å². The van der Waals surface area contributed by atoms with Gasteiger partial charge in [-0.25, -0.2) is 4.98 Å². The van der Waals surface area contributed by atoms with Crippen LogP contribution in [0.15, 0.2) is 46.5 Å². The van der Waals surface area contributed by atoms with E-state index in [1.807, 2.05) is 6.07 Å². The predicted octanol–water partition coefficient (Wildman–Crippen LogP) is 3.13. The van der Waals surface area contributed by atoms with Gasteiger partial charge in [-0.2, -0.15) is 0 Å². The zero-order chi connectivity index (χ0) is 13.1. The highest BCUT2D eigenvalue weighted by molar-refractivity contribution is 7.99. The first-order chi connectivity index (χ1) is 8.56. The maximum absolute atomic E-state index is 7.42. The molecule has 0 aliphatic heterocycles. The highest BCUT2D eigenvalue weighted by Crippen LogP contribution is 2.29. The van der Waals surface area contributed by atoms with Crippen LogP contribution in [0.25, 0.3) is 0 Å². The Hall–Kier alpha value is -1.81. The molecule has 1 heterocycles. The van der Waals surface area contributed by atoms with Crippen LogP contribution in [0.1, 0.15) is 16.7 Å². The molecule has 0 saturated carbocycles. The highest BCUT2D eigenvalue weighted by atomic mass is 32.2. The molecule has 18 heavy (non-hydrogen) atoms. The number of aromatic nitrogens is 1. The second kappa shape index (κ2) is 5.23. The van der Waals surface area contributed by atoms with Crippen molar-refractivity contribution in [3.8, 4) is 0 Å². The second-order valence-electron chi connectivity index (χ2n) is 4.17. The number of pyridine rings is 1. The third kappa shape index (κ3) is 2.90. The number of aryl methyl sites for hydroxylation is 2. The molecule has 3 N–H and O–H groups in total. The summed E-state index contributed by atoms with van der Waals surface area (Å²) in [5, 5.41) is 8.28. The Labute approximate surface area is 111 Å². The molecule has 0 radical (unpaired) electrons. The van der Waals surface area contributed by atoms with Crippen LogP contribution in [-0.2, 0) is 0 Å². The lowest BCUT2D eigenvalue weighted by molar-refractivity contribution is 1.12. The van der Waals surface area contributed by atoms with Gasteiger partial charge in [0.2, 0.25) is 0 Å². The summed E-state index contributed by atoms with van der Waals surface area (Å²) in [4.78, 5) is 5.47. The van der Waals surface area contributed by atoms with Crippen molar-refractivity contribution in [1.82, 2.24) is 4.98 Å². The predicted molar refractivity (Wildman–Crippen MR) is 75.3 cm³/mol. The maximum atomic E-state index is 7.42. The van der Waals surface area contributed by atoms with Gasteiger partial charge in [0.05, 0.1) is 0 Å². The van der Waals surface area contributed by atoms with Crippen molar-refractivity contribution in [1.29, 1.82) is 5.41 Å². The monoisotopic (exact) mass is 257 g/mol. The van der Waals surface area contributed by atoms with Crippen LogP contribution < -0.4 is 5.73 Å². The van der Waals surface area contributed by atoms with E-state index in [2.05, 4.69) is 37.0 Å². The maximum Gasteiger partial charge on any atom is 0.122 e. The molecular formula is C14H15N3S. The number of nitrogens with zero attached hydrogens (tertiary/aromatic N) is 1. The first-order valence-electron chi connectivity index (χ1n) is 5.62. The molecule has 0 atom stereocenters. The van der Waals surface area contributed by atoms with E-state index in [-0.39, 0.29) is 5.84 Å². The lowest BCUT2D eigenvalue weighted by atomic mass is 10.2. The van der Waals surface area contributed by atoms with Crippen LogP contribution in [0.2, 0.25) is 0 Å². The van der Waals surface area contributed by atoms with E-state index in [1.165, 1.54) is 16.0 Å². The van der Waals surface area contributed by atoms with Gasteiger partial charge in [-0.15, -0.1) is 0 Å². The first kappa shape index (κ1) is 12.6. The molecule has 2 rings (SSSR count). The largest absolute Gasteiger partial charge is 0.384 e. The average molecular weight is 257 g/mol. The van der Waals surface area contributed by atoms with E-state index >= 15 is 0 Å². The summed E-state index contributed by atoms with van der Waals surface area (Å²) < 4.78 is 0. The van der Waals surface area contributed by atoms with Crippen LogP contribution in [0.3, 0.4) is 0 Å². The quantitative estimate of drug-likeness (QED) is 0.656. The summed E-state index contributed by atoms with van der Waals surface area (Å²) in [6.07, 6.45) is 1.68. The fourth-order valence-electron chi connectivity index (χ4n) is 1.66. The summed E-state index contributed by atoms with van der Waals surface area (Å²) in [6, 6.07) is 9.92. The van der Waals surface area contributed by atoms with Crippen molar-refractivity contribution >= 4 is 17.6 Å². The standard InChI is InChI=1S/C14H15N3S/c1-9-3-4-12(10(2)7-9)18-13-8-11(14(15)16)5-6-17-13/h3-8H,1-2H3,(H3,15,16). The molecule has 2 aromatic rings. The number of amidine groups is 1. The third-order valence-electron chi connectivity index (χ3n) is 2.59. The van der Waals surface area contributed by atoms with Gasteiger partial charge in [0.1, 0.15) is 10.9 Å². The van der Waals surface area contributed by atoms with Gasteiger partial charge in [-0.1, -0.05) is 29.5 Å². The second-order valence-corrected chi connectivity index (χ2v) is 5.23. The van der Waals surface area contributed by atoms with Gasteiger partial charge in [0.15, 0.2) is 0 Å². The Morgan fingerprint density at radius 3 is 2.67 bits per heavy atom. The van der Waals surface area contributed by atoms with Crippen molar-refractivity contribution in [3.05, 3.63) is 53.2 Å². The summed E-state index contributed by atoms with van der Waals surface area (Å²) in [7, 11) is 0. The zero-order valence-corrected chi connectivity index (χ0v) is 11.2. The molecule has 3 nitrogen and oxygen atoms in total. The number of nitrogens with one attached hydrogen (secondary N) is 1. The van der Waals surface area contributed by atoms with Crippen molar-refractivity contribution in [2.24, 2.45) is 5.73 Å². The summed E-state index contributed by atoms with van der Waals surface area (Å²) in [5.41, 5.74) is 8.66. The molecule has 1 aromatic carbocycles. The third-order valence-corrected chi connectivity index (χ3v) is 3.70. The van der Waals surface area contributed by atoms with Gasteiger partial charge in [0.25, 0.3) is 0 Å². The number of hydrogen-bond donors (Lipinski definition) is 2. The number of nitrogens with two attached hydrogens (primary N) is 1. The van der Waals surface area contributed by atoms with Crippen molar-refractivity contribution < 1.29 is 0 Å². The van der Waals surface area contributed by atoms with Crippen molar-refractivity contribution in [3.63, 3.8) is 0 Å². The van der Waals surface area contributed by atoms with Crippen LogP contribution in [-0.4, -0.2) is 10.8 Å². The van der Waals surface area contributed by atoms with Crippen LogP contribution in [0.4, 0.5) is 0 Å². The van der Waals surface area contributed by atoms with Gasteiger partial charge >= 0.3 is 0 Å². The number of hydrogen-bond acceptors (Lipinski definition) is 3. The normalized spacial score (nSPS) is 10.3. The molecule has 0 bridgehead atoms. The summed E-state index contributed by atoms with van der Waals surface area (Å²) in [6.45, 7) is 4.17. The molecule has 0 aliphatic carbocycles. The smallest absolute Gasteiger partial charge is 0.122 e. The van der Waals surface area contributed by atoms with E-state index in [0.29, 0.717) is 5.56 Å². The number of nitrogen functional groups attached to an aromatic ring is 1. The van der Waals surface area contributed by atoms with E-state index in [9.17, 15) is 0 Å². The van der Waals surface area contributed by atoms with E-state index in [1.54, 1.807) is 24.0 Å². The van der Waals surface area contributed by atoms with Gasteiger partial charge in [0, 0.05) is 16.7 Å². The number of rotatable bonds is 3. The van der Waals surface area contributed by atoms with E-state index in [4.69, 9.17) is 11.1 Å². The summed E-state index contributed by atoms with van der Waals surface area (Å²) in [5.74, 6) is 0.0693. The van der Waals surface area contributed by atoms with Crippen LogP contribution in [0.5, 0.6) is 0 Å². The zero-order valence-electron chi connectivity index (χ0n) is 10.4. The molecule has 92 valence electrons. The Morgan fingerprint density at radius 1 is 1.22 bits per heavy atom. The van der Waals surface area contributed by atoms with Gasteiger partial charge in [-0.3, -0.25) is 5.41 Å². The Morgan fingerprint density at radius 2 is 2.00 bits per heavy atom. The van der Waals surface area contributed by atoms with E-state index in [0.717, 1.165) is 5.03 Å². The first-order valence-corrected chi connectivity index (χ1v) is 6.43. The minimum atomic E-state index is 0.0693. The molecule has 0 saturated heterocycles. The van der Waals surface area contributed by atoms with Crippen LogP contribution >= 0.6 is 11.8 Å². The lowest BCUT2D eigenvalue weighted by Gasteiger charge is -2.07. The Bertz CT molecular complexity index is 593. The highest BCUT2D eigenvalue weighted by Gasteiger charge is 2.04. The minimum Gasteiger partial charge on any atom is -0.384 e. The molecule has 1 aromatic heterocycles. The minimum absolute atomic E-state index is 0.0693. The lowest BCUT2D eigenvalue weighted by Crippen LogP contribution is -2.10. The SMILES string of the molecule is Cc1ccc(Sc2cc(C(=N)N)ccn2)c(C)c1.